The van der Waals surface area contributed by atoms with Gasteiger partial charge in [0, 0.05) is 63.2 Å². The van der Waals surface area contributed by atoms with Crippen LogP contribution >= 0.6 is 22.9 Å². The third-order valence-electron chi connectivity index (χ3n) is 7.21. The van der Waals surface area contributed by atoms with E-state index in [1.807, 2.05) is 6.07 Å². The average molecular weight is 597 g/mol. The predicted octanol–water partition coefficient (Wildman–Crippen LogP) is 5.13. The Morgan fingerprint density at radius 1 is 1.20 bits per heavy atom. The second-order valence-corrected chi connectivity index (χ2v) is 12.1. The van der Waals surface area contributed by atoms with Crippen LogP contribution in [-0.4, -0.2) is 80.9 Å². The van der Waals surface area contributed by atoms with Gasteiger partial charge in [-0.3, -0.25) is 4.79 Å². The largest absolute Gasteiger partial charge is 0.414 e. The molecule has 3 aromatic rings. The highest BCUT2D eigenvalue weighted by molar-refractivity contribution is 7.19. The summed E-state index contributed by atoms with van der Waals surface area (Å²) >= 11 is 7.37. The Labute approximate surface area is 239 Å². The van der Waals surface area contributed by atoms with Crippen LogP contribution in [0.4, 0.5) is 13.6 Å². The van der Waals surface area contributed by atoms with Gasteiger partial charge in [-0.2, -0.15) is 5.10 Å². The number of ether oxygens (including phenoxy) is 1. The van der Waals surface area contributed by atoms with Crippen LogP contribution in [-0.2, 0) is 6.54 Å². The fourth-order valence-corrected chi connectivity index (χ4v) is 5.84. The molecule has 40 heavy (non-hydrogen) atoms. The van der Waals surface area contributed by atoms with Crippen molar-refractivity contribution in [3.8, 4) is 16.5 Å². The van der Waals surface area contributed by atoms with E-state index in [4.69, 9.17) is 20.9 Å². The standard InChI is InChI=1S/C26H31ClF2N6O4S/c1-16(2)33-9-5-17(6-10-33)30-25(37)38-23-14-19(24(36)34-11-7-26(28,29)8-12-34)31-35(23)15-18-13-20(39-32-18)21-3-4-22(27)40-21/h3-4,13-14,16-17H,5-12,15H2,1-2H3,(H,30,37). The van der Waals surface area contributed by atoms with E-state index >= 15 is 0 Å². The van der Waals surface area contributed by atoms with Crippen LogP contribution in [0.1, 0.15) is 55.7 Å². The average Bonchev–Trinajstić information content (AvgIpc) is 3.65. The van der Waals surface area contributed by atoms with Gasteiger partial charge in [0.05, 0.1) is 15.8 Å². The lowest BCUT2D eigenvalue weighted by atomic mass is 10.0. The smallest absolute Gasteiger partial charge is 0.391 e. The van der Waals surface area contributed by atoms with E-state index in [0.717, 1.165) is 30.8 Å². The number of aromatic nitrogens is 3. The lowest BCUT2D eigenvalue weighted by Crippen LogP contribution is -2.47. The van der Waals surface area contributed by atoms with E-state index in [1.54, 1.807) is 12.1 Å². The van der Waals surface area contributed by atoms with E-state index in [1.165, 1.54) is 27.0 Å². The third-order valence-corrected chi connectivity index (χ3v) is 8.46. The summed E-state index contributed by atoms with van der Waals surface area (Å²) < 4.78 is 40.3. The van der Waals surface area contributed by atoms with Gasteiger partial charge in [-0.15, -0.1) is 11.3 Å². The summed E-state index contributed by atoms with van der Waals surface area (Å²) in [6.07, 6.45) is 0.119. The fourth-order valence-electron chi connectivity index (χ4n) is 4.85. The summed E-state index contributed by atoms with van der Waals surface area (Å²) in [6.45, 7) is 5.91. The zero-order valence-corrected chi connectivity index (χ0v) is 23.8. The van der Waals surface area contributed by atoms with Crippen LogP contribution in [0, 0.1) is 0 Å². The first kappa shape index (κ1) is 28.5. The van der Waals surface area contributed by atoms with Crippen molar-refractivity contribution in [2.24, 2.45) is 0 Å². The Hall–Kier alpha value is -3.03. The maximum Gasteiger partial charge on any atom is 0.414 e. The summed E-state index contributed by atoms with van der Waals surface area (Å²) in [5.41, 5.74) is 0.470. The molecule has 3 aromatic heterocycles. The Balaban J connectivity index is 1.31. The Morgan fingerprint density at radius 3 is 2.58 bits per heavy atom. The van der Waals surface area contributed by atoms with Crippen LogP contribution in [0.15, 0.2) is 28.8 Å². The second-order valence-electron chi connectivity index (χ2n) is 10.4. The zero-order chi connectivity index (χ0) is 28.4. The van der Waals surface area contributed by atoms with E-state index < -0.39 is 30.8 Å². The number of piperidine rings is 2. The highest BCUT2D eigenvalue weighted by atomic mass is 35.5. The van der Waals surface area contributed by atoms with Crippen molar-refractivity contribution in [1.82, 2.24) is 30.1 Å². The first-order chi connectivity index (χ1) is 19.1. The van der Waals surface area contributed by atoms with Crippen LogP contribution in [0.2, 0.25) is 4.34 Å². The predicted molar refractivity (Wildman–Crippen MR) is 145 cm³/mol. The molecule has 2 saturated heterocycles. The molecule has 10 nitrogen and oxygen atoms in total. The van der Waals surface area contributed by atoms with Crippen LogP contribution in [0.25, 0.3) is 10.6 Å². The first-order valence-corrected chi connectivity index (χ1v) is 14.4. The Kier molecular flexibility index (Phi) is 8.43. The molecule has 0 saturated carbocycles. The number of halogens is 3. The molecule has 5 rings (SSSR count). The van der Waals surface area contributed by atoms with E-state index in [2.05, 4.69) is 34.3 Å². The minimum atomic E-state index is -2.79. The molecular formula is C26H31ClF2N6O4S. The van der Waals surface area contributed by atoms with Crippen LogP contribution in [0.5, 0.6) is 5.88 Å². The number of thiophene rings is 1. The molecule has 0 atom stereocenters. The molecule has 216 valence electrons. The molecule has 0 radical (unpaired) electrons. The van der Waals surface area contributed by atoms with E-state index in [0.29, 0.717) is 21.8 Å². The van der Waals surface area contributed by atoms with Gasteiger partial charge in [0.15, 0.2) is 11.5 Å². The molecule has 0 unspecified atom stereocenters. The Morgan fingerprint density at radius 2 is 1.93 bits per heavy atom. The number of nitrogens with zero attached hydrogens (tertiary/aromatic N) is 5. The monoisotopic (exact) mass is 596 g/mol. The molecule has 2 aliphatic rings. The first-order valence-electron chi connectivity index (χ1n) is 13.2. The number of alkyl halides is 2. The topological polar surface area (TPSA) is 106 Å². The van der Waals surface area contributed by atoms with Gasteiger partial charge >= 0.3 is 6.09 Å². The summed E-state index contributed by atoms with van der Waals surface area (Å²) in [6, 6.07) is 7.04. The van der Waals surface area contributed by atoms with Crippen molar-refractivity contribution >= 4 is 34.9 Å². The van der Waals surface area contributed by atoms with Gasteiger partial charge in [-0.1, -0.05) is 16.8 Å². The number of carbonyl (C=O) groups excluding carboxylic acids is 2. The summed E-state index contributed by atoms with van der Waals surface area (Å²) in [4.78, 5) is 30.4. The van der Waals surface area contributed by atoms with Crippen molar-refractivity contribution < 1.29 is 27.6 Å². The van der Waals surface area contributed by atoms with Gasteiger partial charge in [-0.25, -0.2) is 18.3 Å². The van der Waals surface area contributed by atoms with Crippen LogP contribution in [0.3, 0.4) is 0 Å². The van der Waals surface area contributed by atoms with Gasteiger partial charge in [0.1, 0.15) is 5.69 Å². The number of carbonyl (C=O) groups is 2. The van der Waals surface area contributed by atoms with E-state index in [-0.39, 0.29) is 37.3 Å². The zero-order valence-electron chi connectivity index (χ0n) is 22.2. The van der Waals surface area contributed by atoms with E-state index in [9.17, 15) is 18.4 Å². The summed E-state index contributed by atoms with van der Waals surface area (Å²) in [5, 5.41) is 11.3. The number of rotatable bonds is 7. The van der Waals surface area contributed by atoms with Gasteiger partial charge in [0.25, 0.3) is 11.8 Å². The number of likely N-dealkylation sites (tertiary alicyclic amines) is 2. The second kappa shape index (κ2) is 11.8. The molecule has 2 amide bonds. The summed E-state index contributed by atoms with van der Waals surface area (Å²) in [7, 11) is 0. The highest BCUT2D eigenvalue weighted by Gasteiger charge is 2.36. The number of hydrogen-bond donors (Lipinski definition) is 1. The SMILES string of the molecule is CC(C)N1CCC(NC(=O)Oc2cc(C(=O)N3CCC(F)(F)CC3)nn2Cc2cc(-c3ccc(Cl)s3)on2)CC1. The molecule has 2 aliphatic heterocycles. The van der Waals surface area contributed by atoms with Gasteiger partial charge in [-0.05, 0) is 38.8 Å². The molecule has 0 bridgehead atoms. The molecule has 14 heteroatoms. The quantitative estimate of drug-likeness (QED) is 0.403. The van der Waals surface area contributed by atoms with Crippen molar-refractivity contribution in [3.63, 3.8) is 0 Å². The fraction of sp³-hybridized carbons (Fsp3) is 0.538. The molecule has 1 N–H and O–H groups in total. The van der Waals surface area contributed by atoms with Crippen molar-refractivity contribution in [1.29, 1.82) is 0 Å². The van der Waals surface area contributed by atoms with Gasteiger partial charge in [0.2, 0.25) is 5.88 Å². The number of nitrogens with one attached hydrogen (secondary N) is 1. The molecular weight excluding hydrogens is 566 g/mol. The number of hydrogen-bond acceptors (Lipinski definition) is 8. The van der Waals surface area contributed by atoms with Crippen molar-refractivity contribution in [3.05, 3.63) is 40.0 Å². The summed E-state index contributed by atoms with van der Waals surface area (Å²) in [5.74, 6) is -2.75. The lowest BCUT2D eigenvalue weighted by molar-refractivity contribution is -0.0495. The third kappa shape index (κ3) is 6.81. The molecule has 5 heterocycles. The highest BCUT2D eigenvalue weighted by Crippen LogP contribution is 2.32. The molecule has 0 aliphatic carbocycles. The maximum absolute atomic E-state index is 13.6. The lowest BCUT2D eigenvalue weighted by Gasteiger charge is -2.34. The minimum absolute atomic E-state index is 0.00739. The van der Waals surface area contributed by atoms with Crippen molar-refractivity contribution in [2.75, 3.05) is 26.2 Å². The molecule has 2 fully saturated rings. The van der Waals surface area contributed by atoms with Gasteiger partial charge < -0.3 is 24.4 Å². The Bertz CT molecular complexity index is 1340. The van der Waals surface area contributed by atoms with Crippen LogP contribution < -0.4 is 10.1 Å². The van der Waals surface area contributed by atoms with Crippen molar-refractivity contribution in [2.45, 2.75) is 64.1 Å². The molecule has 0 aromatic carbocycles. The number of amides is 2. The maximum atomic E-state index is 13.6. The molecule has 0 spiro atoms. The minimum Gasteiger partial charge on any atom is -0.391 e. The normalized spacial score (nSPS) is 18.3.